The Kier molecular flexibility index (Phi) is 2.87. The van der Waals surface area contributed by atoms with Gasteiger partial charge in [0.05, 0.1) is 0 Å². The topological polar surface area (TPSA) is 48.1 Å². The molecule has 1 aromatic heterocycles. The Morgan fingerprint density at radius 3 is 2.79 bits per heavy atom. The van der Waals surface area contributed by atoms with Gasteiger partial charge in [-0.25, -0.2) is 8.78 Å². The highest BCUT2D eigenvalue weighted by Gasteiger charge is 2.12. The minimum Gasteiger partial charge on any atom is -0.459 e. The van der Waals surface area contributed by atoms with Crippen molar-refractivity contribution in [1.29, 1.82) is 0 Å². The summed E-state index contributed by atoms with van der Waals surface area (Å²) < 4.78 is 30.5. The molecule has 0 spiro atoms. The first-order chi connectivity index (χ1) is 6.54. The summed E-state index contributed by atoms with van der Waals surface area (Å²) in [6.45, 7) is 1.53. The second-order valence-corrected chi connectivity index (χ2v) is 2.57. The molecule has 74 valence electrons. The van der Waals surface area contributed by atoms with Gasteiger partial charge in [0.15, 0.2) is 23.6 Å². The molecule has 5 heteroatoms. The first-order valence-corrected chi connectivity index (χ1v) is 3.79. The first-order valence-electron chi connectivity index (χ1n) is 3.79. The fourth-order valence-electron chi connectivity index (χ4n) is 0.747. The lowest BCUT2D eigenvalue weighted by atomic mass is 10.4. The third kappa shape index (κ3) is 2.10. The second kappa shape index (κ2) is 3.92. The van der Waals surface area contributed by atoms with Gasteiger partial charge in [-0.1, -0.05) is 5.92 Å². The van der Waals surface area contributed by atoms with Gasteiger partial charge in [0.25, 0.3) is 5.88 Å². The predicted molar refractivity (Wildman–Crippen MR) is 47.5 cm³/mol. The van der Waals surface area contributed by atoms with E-state index in [0.717, 1.165) is 0 Å². The molecule has 3 nitrogen and oxygen atoms in total. The molecule has 1 unspecified atom stereocenters. The van der Waals surface area contributed by atoms with Gasteiger partial charge in [0.2, 0.25) is 0 Å². The van der Waals surface area contributed by atoms with Crippen molar-refractivity contribution in [3.05, 3.63) is 17.7 Å². The van der Waals surface area contributed by atoms with Crippen LogP contribution in [0.4, 0.5) is 14.6 Å². The molecule has 1 heterocycles. The number of nitrogens with zero attached hydrogens (tertiary/aromatic N) is 1. The molecular formula is C9H8F2N2O. The van der Waals surface area contributed by atoms with E-state index in [2.05, 4.69) is 10.9 Å². The number of hydrogen-bond donors (Lipinski definition) is 1. The number of hydrogen-bond acceptors (Lipinski definition) is 3. The molecule has 0 aliphatic heterocycles. The zero-order chi connectivity index (χ0) is 10.7. The van der Waals surface area contributed by atoms with E-state index in [-0.39, 0.29) is 0 Å². The van der Waals surface area contributed by atoms with Crippen molar-refractivity contribution in [2.75, 3.05) is 5.73 Å². The number of aromatic nitrogens is 1. The Bertz CT molecular complexity index is 387. The largest absolute Gasteiger partial charge is 0.459 e. The normalized spacial score (nSPS) is 11.9. The minimum absolute atomic E-state index is 0.394. The van der Waals surface area contributed by atoms with E-state index in [4.69, 9.17) is 16.9 Å². The van der Waals surface area contributed by atoms with Crippen LogP contribution in [0.1, 0.15) is 6.92 Å². The van der Waals surface area contributed by atoms with E-state index in [0.29, 0.717) is 6.07 Å². The number of terminal acetylenes is 1. The summed E-state index contributed by atoms with van der Waals surface area (Å²) in [4.78, 5) is 3.37. The highest BCUT2D eigenvalue weighted by atomic mass is 19.1. The lowest BCUT2D eigenvalue weighted by molar-refractivity contribution is 0.253. The Morgan fingerprint density at radius 2 is 2.21 bits per heavy atom. The van der Waals surface area contributed by atoms with Crippen molar-refractivity contribution >= 4 is 5.82 Å². The molecule has 0 amide bonds. The van der Waals surface area contributed by atoms with Crippen LogP contribution in [-0.4, -0.2) is 11.1 Å². The Balaban J connectivity index is 2.99. The van der Waals surface area contributed by atoms with Gasteiger partial charge in [-0.15, -0.1) is 6.42 Å². The minimum atomic E-state index is -0.932. The van der Waals surface area contributed by atoms with Gasteiger partial charge >= 0.3 is 0 Å². The average molecular weight is 198 g/mol. The molecule has 0 aliphatic rings. The van der Waals surface area contributed by atoms with Crippen molar-refractivity contribution in [3.8, 4) is 18.2 Å². The van der Waals surface area contributed by atoms with Crippen LogP contribution in [0.3, 0.4) is 0 Å². The number of nitrogen functional groups attached to an aromatic ring is 1. The highest BCUT2D eigenvalue weighted by molar-refractivity contribution is 5.34. The maximum Gasteiger partial charge on any atom is 0.253 e. The van der Waals surface area contributed by atoms with Crippen LogP contribution in [0.15, 0.2) is 6.07 Å². The van der Waals surface area contributed by atoms with Crippen LogP contribution in [0, 0.1) is 24.0 Å². The third-order valence-electron chi connectivity index (χ3n) is 1.45. The number of halogens is 2. The van der Waals surface area contributed by atoms with Crippen molar-refractivity contribution < 1.29 is 13.5 Å². The number of pyridine rings is 1. The zero-order valence-electron chi connectivity index (χ0n) is 7.42. The highest BCUT2D eigenvalue weighted by Crippen LogP contribution is 2.19. The van der Waals surface area contributed by atoms with Crippen molar-refractivity contribution in [2.45, 2.75) is 13.0 Å². The van der Waals surface area contributed by atoms with Gasteiger partial charge in [0.1, 0.15) is 0 Å². The second-order valence-electron chi connectivity index (χ2n) is 2.57. The average Bonchev–Trinajstić information content (AvgIpc) is 2.14. The molecule has 0 saturated carbocycles. The summed E-state index contributed by atoms with van der Waals surface area (Å²) in [5.41, 5.74) is 5.12. The van der Waals surface area contributed by atoms with E-state index in [1.807, 2.05) is 0 Å². The van der Waals surface area contributed by atoms with E-state index < -0.39 is 29.4 Å². The molecule has 0 fully saturated rings. The summed E-state index contributed by atoms with van der Waals surface area (Å²) in [6.07, 6.45) is 4.36. The van der Waals surface area contributed by atoms with Gasteiger partial charge in [-0.3, -0.25) is 0 Å². The fourth-order valence-corrected chi connectivity index (χ4v) is 0.747. The number of rotatable bonds is 2. The SMILES string of the molecule is C#CC(C)Oc1nc(N)c(F)cc1F. The molecule has 0 saturated heterocycles. The monoisotopic (exact) mass is 198 g/mol. The maximum atomic E-state index is 13.0. The van der Waals surface area contributed by atoms with E-state index >= 15 is 0 Å². The summed E-state index contributed by atoms with van der Waals surface area (Å²) in [6, 6.07) is 0.598. The molecule has 1 rings (SSSR count). The van der Waals surface area contributed by atoms with Gasteiger partial charge in [0, 0.05) is 6.07 Å². The summed E-state index contributed by atoms with van der Waals surface area (Å²) in [7, 11) is 0. The van der Waals surface area contributed by atoms with Gasteiger partial charge in [-0.2, -0.15) is 4.98 Å². The maximum absolute atomic E-state index is 13.0. The molecule has 14 heavy (non-hydrogen) atoms. The predicted octanol–water partition coefficient (Wildman–Crippen LogP) is 1.34. The Hall–Kier alpha value is -1.83. The molecular weight excluding hydrogens is 190 g/mol. The zero-order valence-corrected chi connectivity index (χ0v) is 7.42. The van der Waals surface area contributed by atoms with Crippen LogP contribution < -0.4 is 10.5 Å². The number of ether oxygens (including phenoxy) is 1. The van der Waals surface area contributed by atoms with Crippen LogP contribution in [0.5, 0.6) is 5.88 Å². The molecule has 1 atom stereocenters. The lowest BCUT2D eigenvalue weighted by Gasteiger charge is -2.09. The smallest absolute Gasteiger partial charge is 0.253 e. The Labute approximate surface area is 79.9 Å². The summed E-state index contributed by atoms with van der Waals surface area (Å²) in [5, 5.41) is 0. The first kappa shape index (κ1) is 10.3. The van der Waals surface area contributed by atoms with Crippen molar-refractivity contribution in [2.24, 2.45) is 0 Å². The summed E-state index contributed by atoms with van der Waals surface area (Å²) >= 11 is 0. The molecule has 1 aromatic rings. The van der Waals surface area contributed by atoms with Crippen molar-refractivity contribution in [3.63, 3.8) is 0 Å². The van der Waals surface area contributed by atoms with E-state index in [1.165, 1.54) is 6.92 Å². The van der Waals surface area contributed by atoms with Crippen molar-refractivity contribution in [1.82, 2.24) is 4.98 Å². The molecule has 0 radical (unpaired) electrons. The third-order valence-corrected chi connectivity index (χ3v) is 1.45. The number of nitrogens with two attached hydrogens (primary N) is 1. The molecule has 0 bridgehead atoms. The van der Waals surface area contributed by atoms with Crippen LogP contribution in [-0.2, 0) is 0 Å². The molecule has 0 aromatic carbocycles. The number of anilines is 1. The van der Waals surface area contributed by atoms with Gasteiger partial charge in [-0.05, 0) is 6.92 Å². The Morgan fingerprint density at radius 1 is 1.57 bits per heavy atom. The lowest BCUT2D eigenvalue weighted by Crippen LogP contribution is -2.12. The van der Waals surface area contributed by atoms with E-state index in [9.17, 15) is 8.78 Å². The van der Waals surface area contributed by atoms with Gasteiger partial charge < -0.3 is 10.5 Å². The summed E-state index contributed by atoms with van der Waals surface area (Å²) in [5.74, 6) is -0.467. The van der Waals surface area contributed by atoms with Crippen LogP contribution in [0.25, 0.3) is 0 Å². The van der Waals surface area contributed by atoms with Crippen LogP contribution in [0.2, 0.25) is 0 Å². The standard InChI is InChI=1S/C9H8F2N2O/c1-3-5(2)14-9-7(11)4-6(10)8(12)13-9/h1,4-5H,2H3,(H2,12,13). The quantitative estimate of drug-likeness (QED) is 0.729. The molecule has 0 aliphatic carbocycles. The molecule has 2 N–H and O–H groups in total. The van der Waals surface area contributed by atoms with E-state index in [1.54, 1.807) is 0 Å². The fraction of sp³-hybridized carbons (Fsp3) is 0.222. The van der Waals surface area contributed by atoms with Crippen LogP contribution >= 0.6 is 0 Å².